The number of nitrogens with two attached hydrogens (primary N) is 1. The fourth-order valence-electron chi connectivity index (χ4n) is 3.74. The van der Waals surface area contributed by atoms with Crippen LogP contribution in [-0.2, 0) is 28.8 Å². The number of nitrogens with one attached hydrogen (secondary N) is 5. The van der Waals surface area contributed by atoms with Crippen LogP contribution in [0, 0.1) is 17.8 Å². The van der Waals surface area contributed by atoms with Crippen LogP contribution in [0.5, 0.6) is 0 Å². The van der Waals surface area contributed by atoms with E-state index in [1.54, 1.807) is 0 Å². The van der Waals surface area contributed by atoms with Crippen molar-refractivity contribution in [2.45, 2.75) is 118 Å². The first-order valence-corrected chi connectivity index (χ1v) is 13.9. The Morgan fingerprint density at radius 3 is 1.12 bits per heavy atom. The largest absolute Gasteiger partial charge is 0.480 e. The van der Waals surface area contributed by atoms with Crippen LogP contribution in [-0.4, -0.2) is 76.9 Å². The van der Waals surface area contributed by atoms with Gasteiger partial charge in [-0.15, -0.1) is 0 Å². The SMILES string of the molecule is CC(C)CC(NC(=O)C(C)N)C(=O)NC(CC(C)C)C(=O)NC(C)C(=O)NC(CC(C)C)C(=O)NC(C)C(=O)O. The Morgan fingerprint density at radius 2 is 0.800 bits per heavy atom. The maximum atomic E-state index is 13.2. The summed E-state index contributed by atoms with van der Waals surface area (Å²) in [4.78, 5) is 75.1. The van der Waals surface area contributed by atoms with E-state index in [1.165, 1.54) is 20.8 Å². The minimum Gasteiger partial charge on any atom is -0.480 e. The first-order chi connectivity index (χ1) is 18.3. The van der Waals surface area contributed by atoms with Crippen LogP contribution in [0.25, 0.3) is 0 Å². The van der Waals surface area contributed by atoms with Gasteiger partial charge in [0.15, 0.2) is 0 Å². The van der Waals surface area contributed by atoms with Crippen LogP contribution < -0.4 is 32.3 Å². The fraction of sp³-hybridized carbons (Fsp3) is 0.778. The lowest BCUT2D eigenvalue weighted by Crippen LogP contribution is -2.59. The minimum atomic E-state index is -1.21. The molecule has 0 aliphatic heterocycles. The van der Waals surface area contributed by atoms with Crippen molar-refractivity contribution in [3.8, 4) is 0 Å². The van der Waals surface area contributed by atoms with E-state index in [2.05, 4.69) is 26.6 Å². The molecule has 0 aromatic heterocycles. The standard InChI is InChI=1S/C27H50N6O7/c1-13(2)10-19(25(37)30-18(9)27(39)40)32-23(35)17(8)29-24(36)20(11-14(3)4)33-26(38)21(12-15(5)6)31-22(34)16(7)28/h13-21H,10-12,28H2,1-9H3,(H,29,36)(H,30,37)(H,31,34)(H,32,35)(H,33,38)(H,39,40). The predicted octanol–water partition coefficient (Wildman–Crippen LogP) is 0.0203. The summed E-state index contributed by atoms with van der Waals surface area (Å²) in [5, 5.41) is 21.9. The molecular weight excluding hydrogens is 520 g/mol. The third-order valence-electron chi connectivity index (χ3n) is 5.92. The molecule has 13 heteroatoms. The number of amides is 5. The summed E-state index contributed by atoms with van der Waals surface area (Å²) in [6.45, 7) is 15.5. The quantitative estimate of drug-likeness (QED) is 0.126. The van der Waals surface area contributed by atoms with E-state index in [9.17, 15) is 28.8 Å². The Morgan fingerprint density at radius 1 is 0.500 bits per heavy atom. The van der Waals surface area contributed by atoms with E-state index in [1.807, 2.05) is 41.5 Å². The Labute approximate surface area is 237 Å². The first-order valence-electron chi connectivity index (χ1n) is 13.9. The molecule has 5 amide bonds. The first kappa shape index (κ1) is 36.8. The zero-order chi connectivity index (χ0) is 31.3. The second-order valence-corrected chi connectivity index (χ2v) is 11.7. The van der Waals surface area contributed by atoms with Gasteiger partial charge in [-0.25, -0.2) is 0 Å². The molecule has 6 atom stereocenters. The zero-order valence-electron chi connectivity index (χ0n) is 25.3. The highest BCUT2D eigenvalue weighted by molar-refractivity contribution is 5.96. The van der Waals surface area contributed by atoms with E-state index < -0.39 is 71.8 Å². The zero-order valence-corrected chi connectivity index (χ0v) is 25.3. The van der Waals surface area contributed by atoms with Crippen LogP contribution in [0.4, 0.5) is 0 Å². The summed E-state index contributed by atoms with van der Waals surface area (Å²) < 4.78 is 0. The summed E-state index contributed by atoms with van der Waals surface area (Å²) in [5.74, 6) is -4.05. The molecule has 230 valence electrons. The van der Waals surface area contributed by atoms with Gasteiger partial charge >= 0.3 is 5.97 Å². The average Bonchev–Trinajstić information content (AvgIpc) is 2.81. The van der Waals surface area contributed by atoms with E-state index in [0.717, 1.165) is 0 Å². The van der Waals surface area contributed by atoms with Crippen LogP contribution in [0.15, 0.2) is 0 Å². The van der Waals surface area contributed by atoms with Crippen LogP contribution in [0.2, 0.25) is 0 Å². The molecular formula is C27H50N6O7. The number of carboxylic acids is 1. The van der Waals surface area contributed by atoms with E-state index in [0.29, 0.717) is 6.42 Å². The minimum absolute atomic E-state index is 0.00764. The van der Waals surface area contributed by atoms with Crippen LogP contribution in [0.1, 0.15) is 81.6 Å². The predicted molar refractivity (Wildman–Crippen MR) is 151 cm³/mol. The molecule has 0 heterocycles. The van der Waals surface area contributed by atoms with E-state index in [-0.39, 0.29) is 30.6 Å². The molecule has 0 aromatic rings. The topological polar surface area (TPSA) is 209 Å². The van der Waals surface area contributed by atoms with Crippen molar-refractivity contribution >= 4 is 35.5 Å². The summed E-state index contributed by atoms with van der Waals surface area (Å²) in [5.41, 5.74) is 5.63. The van der Waals surface area contributed by atoms with Gasteiger partial charge in [-0.3, -0.25) is 28.8 Å². The lowest BCUT2D eigenvalue weighted by Gasteiger charge is -2.27. The van der Waals surface area contributed by atoms with E-state index in [4.69, 9.17) is 10.8 Å². The monoisotopic (exact) mass is 570 g/mol. The van der Waals surface area contributed by atoms with Crippen molar-refractivity contribution in [3.05, 3.63) is 0 Å². The summed E-state index contributed by atoms with van der Waals surface area (Å²) in [7, 11) is 0. The molecule has 0 saturated carbocycles. The number of hydrogen-bond acceptors (Lipinski definition) is 7. The molecule has 0 saturated heterocycles. The molecule has 13 nitrogen and oxygen atoms in total. The van der Waals surface area contributed by atoms with Gasteiger partial charge < -0.3 is 37.4 Å². The average molecular weight is 571 g/mol. The third kappa shape index (κ3) is 14.2. The maximum Gasteiger partial charge on any atom is 0.325 e. The fourth-order valence-corrected chi connectivity index (χ4v) is 3.74. The molecule has 40 heavy (non-hydrogen) atoms. The number of carbonyl (C=O) groups excluding carboxylic acids is 5. The molecule has 0 spiro atoms. The molecule has 0 aromatic carbocycles. The summed E-state index contributed by atoms with van der Waals surface area (Å²) in [6.07, 6.45) is 0.854. The molecule has 0 aliphatic rings. The van der Waals surface area contributed by atoms with Crippen molar-refractivity contribution in [1.82, 2.24) is 26.6 Å². The van der Waals surface area contributed by atoms with Crippen molar-refractivity contribution in [1.29, 1.82) is 0 Å². The second-order valence-electron chi connectivity index (χ2n) is 11.7. The maximum absolute atomic E-state index is 13.2. The van der Waals surface area contributed by atoms with Crippen molar-refractivity contribution in [2.75, 3.05) is 0 Å². The molecule has 6 unspecified atom stereocenters. The number of hydrogen-bond donors (Lipinski definition) is 7. The Kier molecular flexibility index (Phi) is 16.1. The van der Waals surface area contributed by atoms with Gasteiger partial charge in [0.2, 0.25) is 29.5 Å². The van der Waals surface area contributed by atoms with Gasteiger partial charge in [0, 0.05) is 0 Å². The van der Waals surface area contributed by atoms with Gasteiger partial charge in [0.1, 0.15) is 30.2 Å². The van der Waals surface area contributed by atoms with Crippen LogP contribution >= 0.6 is 0 Å². The normalized spacial score (nSPS) is 15.8. The van der Waals surface area contributed by atoms with Gasteiger partial charge in [0.25, 0.3) is 0 Å². The number of rotatable bonds is 17. The molecule has 0 radical (unpaired) electrons. The molecule has 0 rings (SSSR count). The molecule has 0 fully saturated rings. The number of carboxylic acid groups (broad SMARTS) is 1. The highest BCUT2D eigenvalue weighted by Gasteiger charge is 2.31. The molecule has 0 bridgehead atoms. The Bertz CT molecular complexity index is 891. The number of aliphatic carboxylic acids is 1. The van der Waals surface area contributed by atoms with Crippen molar-refractivity contribution in [2.24, 2.45) is 23.5 Å². The Hall–Kier alpha value is -3.22. The molecule has 8 N–H and O–H groups in total. The van der Waals surface area contributed by atoms with Gasteiger partial charge in [-0.1, -0.05) is 41.5 Å². The van der Waals surface area contributed by atoms with Gasteiger partial charge in [0.05, 0.1) is 6.04 Å². The summed E-state index contributed by atoms with van der Waals surface area (Å²) in [6, 6.07) is -5.92. The van der Waals surface area contributed by atoms with Crippen LogP contribution in [0.3, 0.4) is 0 Å². The van der Waals surface area contributed by atoms with Crippen molar-refractivity contribution in [3.63, 3.8) is 0 Å². The lowest BCUT2D eigenvalue weighted by molar-refractivity contribution is -0.142. The van der Waals surface area contributed by atoms with Gasteiger partial charge in [-0.2, -0.15) is 0 Å². The smallest absolute Gasteiger partial charge is 0.325 e. The Balaban J connectivity index is 5.57. The van der Waals surface area contributed by atoms with E-state index >= 15 is 0 Å². The van der Waals surface area contributed by atoms with Crippen molar-refractivity contribution < 1.29 is 33.9 Å². The van der Waals surface area contributed by atoms with Gasteiger partial charge in [-0.05, 0) is 57.8 Å². The highest BCUT2D eigenvalue weighted by Crippen LogP contribution is 2.10. The highest BCUT2D eigenvalue weighted by atomic mass is 16.4. The summed E-state index contributed by atoms with van der Waals surface area (Å²) >= 11 is 0. The molecule has 0 aliphatic carbocycles. The number of carbonyl (C=O) groups is 6. The second kappa shape index (κ2) is 17.5. The lowest BCUT2D eigenvalue weighted by atomic mass is 9.99. The third-order valence-corrected chi connectivity index (χ3v) is 5.92.